The summed E-state index contributed by atoms with van der Waals surface area (Å²) in [5, 5.41) is 0. The first-order valence-electron chi connectivity index (χ1n) is 4.33. The zero-order chi connectivity index (χ0) is 11.7. The first-order chi connectivity index (χ1) is 7.58. The second-order valence-electron chi connectivity index (χ2n) is 3.07. The molecule has 0 unspecified atom stereocenters. The maximum absolute atomic E-state index is 12.1. The Kier molecular flexibility index (Phi) is 4.00. The fourth-order valence-electron chi connectivity index (χ4n) is 1.23. The molecule has 0 atom stereocenters. The topological polar surface area (TPSA) is 17.1 Å². The van der Waals surface area contributed by atoms with Crippen LogP contribution in [-0.2, 0) is 0 Å². The van der Waals surface area contributed by atoms with Gasteiger partial charge in [-0.1, -0.05) is 28.1 Å². The van der Waals surface area contributed by atoms with E-state index >= 15 is 0 Å². The van der Waals surface area contributed by atoms with Gasteiger partial charge in [-0.05, 0) is 50.1 Å². The highest BCUT2D eigenvalue weighted by atomic mass is 79.9. The Labute approximate surface area is 122 Å². The number of benzene rings is 1. The van der Waals surface area contributed by atoms with E-state index in [0.717, 1.165) is 17.6 Å². The van der Waals surface area contributed by atoms with Crippen LogP contribution in [0.15, 0.2) is 43.1 Å². The molecule has 2 rings (SSSR count). The molecule has 1 nitrogen and oxygen atoms in total. The van der Waals surface area contributed by atoms with Crippen LogP contribution in [0, 0.1) is 0 Å². The predicted octanol–water partition coefficient (Wildman–Crippen LogP) is 5.27. The summed E-state index contributed by atoms with van der Waals surface area (Å²) in [4.78, 5) is 12.8. The number of halogens is 3. The van der Waals surface area contributed by atoms with Crippen LogP contribution in [0.4, 0.5) is 0 Å². The van der Waals surface area contributed by atoms with Crippen molar-refractivity contribution < 1.29 is 4.79 Å². The highest BCUT2D eigenvalue weighted by molar-refractivity contribution is 9.13. The van der Waals surface area contributed by atoms with Crippen LogP contribution in [0.5, 0.6) is 0 Å². The van der Waals surface area contributed by atoms with Gasteiger partial charge in [-0.15, -0.1) is 11.3 Å². The smallest absolute Gasteiger partial charge is 0.203 e. The van der Waals surface area contributed by atoms with Crippen LogP contribution in [-0.4, -0.2) is 5.78 Å². The van der Waals surface area contributed by atoms with Gasteiger partial charge in [-0.2, -0.15) is 0 Å². The molecule has 0 saturated heterocycles. The largest absolute Gasteiger partial charge is 0.288 e. The monoisotopic (exact) mass is 422 g/mol. The second-order valence-corrected chi connectivity index (χ2v) is 7.21. The molecule has 5 heteroatoms. The third-order valence-electron chi connectivity index (χ3n) is 1.96. The lowest BCUT2D eigenvalue weighted by atomic mass is 10.1. The zero-order valence-corrected chi connectivity index (χ0v) is 13.4. The summed E-state index contributed by atoms with van der Waals surface area (Å²) >= 11 is 11.5. The second kappa shape index (κ2) is 5.12. The molecular formula is C11H5Br3OS. The first kappa shape index (κ1) is 12.5. The quantitative estimate of drug-likeness (QED) is 0.600. The summed E-state index contributed by atoms with van der Waals surface area (Å²) in [6.45, 7) is 0. The molecule has 1 aromatic heterocycles. The molecule has 0 amide bonds. The Morgan fingerprint density at radius 3 is 2.44 bits per heavy atom. The van der Waals surface area contributed by atoms with Crippen molar-refractivity contribution >= 4 is 64.9 Å². The van der Waals surface area contributed by atoms with E-state index in [1.165, 1.54) is 11.3 Å². The molecule has 0 fully saturated rings. The number of hydrogen-bond donors (Lipinski definition) is 0. The van der Waals surface area contributed by atoms with Crippen molar-refractivity contribution in [1.82, 2.24) is 0 Å². The maximum atomic E-state index is 12.1. The lowest BCUT2D eigenvalue weighted by molar-refractivity contribution is 0.104. The van der Waals surface area contributed by atoms with E-state index in [-0.39, 0.29) is 5.78 Å². The van der Waals surface area contributed by atoms with Crippen molar-refractivity contribution in [2.24, 2.45) is 0 Å². The molecule has 1 heterocycles. The van der Waals surface area contributed by atoms with E-state index in [4.69, 9.17) is 0 Å². The van der Waals surface area contributed by atoms with Crippen LogP contribution in [0.3, 0.4) is 0 Å². The van der Waals surface area contributed by atoms with Crippen molar-refractivity contribution in [3.05, 3.63) is 53.5 Å². The van der Waals surface area contributed by atoms with Crippen LogP contribution < -0.4 is 0 Å². The predicted molar refractivity (Wildman–Crippen MR) is 77.3 cm³/mol. The van der Waals surface area contributed by atoms with Gasteiger partial charge in [0.2, 0.25) is 5.78 Å². The third-order valence-corrected chi connectivity index (χ3v) is 5.70. The Morgan fingerprint density at radius 1 is 1.12 bits per heavy atom. The van der Waals surface area contributed by atoms with Gasteiger partial charge in [-0.3, -0.25) is 4.79 Å². The molecule has 0 aliphatic rings. The van der Waals surface area contributed by atoms with Crippen molar-refractivity contribution in [3.63, 3.8) is 0 Å². The SMILES string of the molecule is O=C(c1cccc(Br)c1)c1cc(Br)c(Br)s1. The third kappa shape index (κ3) is 2.64. The van der Waals surface area contributed by atoms with Gasteiger partial charge in [0.1, 0.15) is 0 Å². The molecule has 0 N–H and O–H groups in total. The molecule has 0 radical (unpaired) electrons. The molecule has 2 aromatic rings. The zero-order valence-electron chi connectivity index (χ0n) is 7.84. The molecule has 0 aliphatic carbocycles. The van der Waals surface area contributed by atoms with E-state index < -0.39 is 0 Å². The lowest BCUT2D eigenvalue weighted by Gasteiger charge is -1.98. The number of ketones is 1. The Hall–Kier alpha value is 0.0300. The van der Waals surface area contributed by atoms with Crippen LogP contribution in [0.25, 0.3) is 0 Å². The standard InChI is InChI=1S/C11H5Br3OS/c12-7-3-1-2-6(4-7)10(15)9-5-8(13)11(14)16-9/h1-5H. The van der Waals surface area contributed by atoms with E-state index in [1.54, 1.807) is 0 Å². The summed E-state index contributed by atoms with van der Waals surface area (Å²) in [7, 11) is 0. The molecule has 82 valence electrons. The van der Waals surface area contributed by atoms with Crippen LogP contribution >= 0.6 is 59.1 Å². The van der Waals surface area contributed by atoms with E-state index in [1.807, 2.05) is 30.3 Å². The Bertz CT molecular complexity index is 528. The van der Waals surface area contributed by atoms with Gasteiger partial charge in [0.25, 0.3) is 0 Å². The average molecular weight is 425 g/mol. The number of hydrogen-bond acceptors (Lipinski definition) is 2. The summed E-state index contributed by atoms with van der Waals surface area (Å²) in [5.74, 6) is 0.0395. The highest BCUT2D eigenvalue weighted by Crippen LogP contribution is 2.33. The summed E-state index contributed by atoms with van der Waals surface area (Å²) < 4.78 is 2.76. The molecule has 0 saturated carbocycles. The molecule has 1 aromatic carbocycles. The van der Waals surface area contributed by atoms with E-state index in [0.29, 0.717) is 5.56 Å². The number of thiophene rings is 1. The minimum absolute atomic E-state index is 0.0395. The van der Waals surface area contributed by atoms with Gasteiger partial charge in [-0.25, -0.2) is 0 Å². The highest BCUT2D eigenvalue weighted by Gasteiger charge is 2.14. The van der Waals surface area contributed by atoms with Crippen LogP contribution in [0.2, 0.25) is 0 Å². The summed E-state index contributed by atoms with van der Waals surface area (Å²) in [6.07, 6.45) is 0. The van der Waals surface area contributed by atoms with Crippen molar-refractivity contribution in [2.45, 2.75) is 0 Å². The van der Waals surface area contributed by atoms with Gasteiger partial charge < -0.3 is 0 Å². The lowest BCUT2D eigenvalue weighted by Crippen LogP contribution is -1.97. The molecule has 0 aliphatic heterocycles. The van der Waals surface area contributed by atoms with Gasteiger partial charge >= 0.3 is 0 Å². The molecular weight excluding hydrogens is 420 g/mol. The fourth-order valence-corrected chi connectivity index (χ4v) is 3.63. The molecule has 0 spiro atoms. The van der Waals surface area contributed by atoms with Crippen LogP contribution in [0.1, 0.15) is 15.2 Å². The first-order valence-corrected chi connectivity index (χ1v) is 7.52. The number of carbonyl (C=O) groups excluding carboxylic acids is 1. The average Bonchev–Trinajstić information content (AvgIpc) is 2.58. The minimum atomic E-state index is 0.0395. The van der Waals surface area contributed by atoms with Crippen molar-refractivity contribution in [3.8, 4) is 0 Å². The number of carbonyl (C=O) groups is 1. The molecule has 16 heavy (non-hydrogen) atoms. The van der Waals surface area contributed by atoms with Gasteiger partial charge in [0.15, 0.2) is 0 Å². The van der Waals surface area contributed by atoms with Gasteiger partial charge in [0, 0.05) is 14.5 Å². The maximum Gasteiger partial charge on any atom is 0.203 e. The summed E-state index contributed by atoms with van der Waals surface area (Å²) in [5.41, 5.74) is 0.690. The van der Waals surface area contributed by atoms with E-state index in [9.17, 15) is 4.79 Å². The van der Waals surface area contributed by atoms with Crippen molar-refractivity contribution in [1.29, 1.82) is 0 Å². The number of rotatable bonds is 2. The molecule has 0 bridgehead atoms. The van der Waals surface area contributed by atoms with Crippen molar-refractivity contribution in [2.75, 3.05) is 0 Å². The van der Waals surface area contributed by atoms with Gasteiger partial charge in [0.05, 0.1) is 8.66 Å². The normalized spacial score (nSPS) is 10.4. The Balaban J connectivity index is 2.39. The fraction of sp³-hybridized carbons (Fsp3) is 0. The summed E-state index contributed by atoms with van der Waals surface area (Å²) in [6, 6.07) is 9.22. The Morgan fingerprint density at radius 2 is 1.88 bits per heavy atom. The minimum Gasteiger partial charge on any atom is -0.288 e. The van der Waals surface area contributed by atoms with E-state index in [2.05, 4.69) is 47.8 Å².